The second-order valence-electron chi connectivity index (χ2n) is 7.36. The summed E-state index contributed by atoms with van der Waals surface area (Å²) in [5.41, 5.74) is 2.83. The molecule has 0 spiro atoms. The molecule has 0 unspecified atom stereocenters. The lowest BCUT2D eigenvalue weighted by atomic mass is 10.0. The summed E-state index contributed by atoms with van der Waals surface area (Å²) < 4.78 is 5.47. The maximum atomic E-state index is 12.3. The van der Waals surface area contributed by atoms with Crippen LogP contribution in [0.5, 0.6) is 0 Å². The lowest BCUT2D eigenvalue weighted by Gasteiger charge is -2.12. The Hall–Kier alpha value is -3.81. The molecule has 152 valence electrons. The van der Waals surface area contributed by atoms with Crippen LogP contribution in [0.3, 0.4) is 0 Å². The van der Waals surface area contributed by atoms with Crippen LogP contribution in [0, 0.1) is 0 Å². The Labute approximate surface area is 172 Å². The Morgan fingerprint density at radius 1 is 1.00 bits per heavy atom. The van der Waals surface area contributed by atoms with Gasteiger partial charge in [0.15, 0.2) is 0 Å². The maximum Gasteiger partial charge on any atom is 0.322 e. The van der Waals surface area contributed by atoms with Crippen molar-refractivity contribution in [3.8, 4) is 0 Å². The summed E-state index contributed by atoms with van der Waals surface area (Å²) in [5.74, 6) is -0.792. The summed E-state index contributed by atoms with van der Waals surface area (Å²) in [5, 5.41) is 10.2. The number of imide groups is 1. The zero-order valence-corrected chi connectivity index (χ0v) is 16.6. The van der Waals surface area contributed by atoms with Crippen molar-refractivity contribution in [1.82, 2.24) is 15.1 Å². The van der Waals surface area contributed by atoms with Crippen LogP contribution in [0.15, 0.2) is 52.9 Å². The zero-order chi connectivity index (χ0) is 21.3. The molecule has 0 fully saturated rings. The van der Waals surface area contributed by atoms with Crippen molar-refractivity contribution in [3.63, 3.8) is 0 Å². The quantitative estimate of drug-likeness (QED) is 0.633. The molecular weight excluding hydrogens is 384 g/mol. The Morgan fingerprint density at radius 2 is 1.63 bits per heavy atom. The van der Waals surface area contributed by atoms with Gasteiger partial charge in [0, 0.05) is 0 Å². The van der Waals surface area contributed by atoms with Crippen molar-refractivity contribution in [2.45, 2.75) is 26.2 Å². The molecule has 3 amide bonds. The molecule has 1 aromatic heterocycles. The van der Waals surface area contributed by atoms with Crippen LogP contribution >= 0.6 is 0 Å². The number of carbonyl (C=O) groups excluding carboxylic acids is 3. The van der Waals surface area contributed by atoms with E-state index in [9.17, 15) is 14.4 Å². The summed E-state index contributed by atoms with van der Waals surface area (Å²) in [6.07, 6.45) is 0.430. The highest BCUT2D eigenvalue weighted by molar-refractivity contribution is 6.22. The molecule has 2 heterocycles. The molecule has 0 saturated carbocycles. The summed E-state index contributed by atoms with van der Waals surface area (Å²) in [4.78, 5) is 37.9. The van der Waals surface area contributed by atoms with Gasteiger partial charge >= 0.3 is 6.01 Å². The monoisotopic (exact) mass is 404 g/mol. The lowest BCUT2D eigenvalue weighted by molar-refractivity contribution is -0.116. The normalized spacial score (nSPS) is 13.1. The number of benzene rings is 2. The molecule has 0 bridgehead atoms. The summed E-state index contributed by atoms with van der Waals surface area (Å²) in [6.45, 7) is 3.83. The van der Waals surface area contributed by atoms with Gasteiger partial charge in [-0.1, -0.05) is 55.3 Å². The SMILES string of the molecule is CC(C)c1ccc(Cc2nnc(NC(=O)CN3C(=O)c4ccccc4C3=O)o2)cc1. The van der Waals surface area contributed by atoms with E-state index in [2.05, 4.69) is 41.5 Å². The topological polar surface area (TPSA) is 105 Å². The average molecular weight is 404 g/mol. The molecule has 1 aliphatic rings. The van der Waals surface area contributed by atoms with E-state index in [1.165, 1.54) is 5.56 Å². The fourth-order valence-corrected chi connectivity index (χ4v) is 3.26. The number of amides is 3. The predicted molar refractivity (Wildman–Crippen MR) is 108 cm³/mol. The molecule has 8 nitrogen and oxygen atoms in total. The summed E-state index contributed by atoms with van der Waals surface area (Å²) >= 11 is 0. The molecule has 0 atom stereocenters. The standard InChI is InChI=1S/C22H20N4O4/c1-13(2)15-9-7-14(8-10-15)11-19-24-25-22(30-19)23-18(27)12-26-20(28)16-5-3-4-6-17(16)21(26)29/h3-10,13H,11-12H2,1-2H3,(H,23,25,27). The van der Waals surface area contributed by atoms with E-state index in [1.807, 2.05) is 12.1 Å². The highest BCUT2D eigenvalue weighted by atomic mass is 16.4. The van der Waals surface area contributed by atoms with E-state index in [0.29, 0.717) is 29.4 Å². The van der Waals surface area contributed by atoms with Gasteiger partial charge in [0.2, 0.25) is 11.8 Å². The number of carbonyl (C=O) groups is 3. The Bertz CT molecular complexity index is 1080. The lowest BCUT2D eigenvalue weighted by Crippen LogP contribution is -2.37. The van der Waals surface area contributed by atoms with Crippen LogP contribution < -0.4 is 5.32 Å². The molecule has 3 aromatic rings. The van der Waals surface area contributed by atoms with Crippen LogP contribution in [-0.4, -0.2) is 39.4 Å². The number of hydrogen-bond acceptors (Lipinski definition) is 6. The highest BCUT2D eigenvalue weighted by Gasteiger charge is 2.36. The van der Waals surface area contributed by atoms with Gasteiger partial charge in [0.05, 0.1) is 17.5 Å². The summed E-state index contributed by atoms with van der Waals surface area (Å²) in [6, 6.07) is 14.5. The van der Waals surface area contributed by atoms with Crippen LogP contribution in [0.2, 0.25) is 0 Å². The van der Waals surface area contributed by atoms with Gasteiger partial charge in [0.1, 0.15) is 6.54 Å². The molecule has 4 rings (SSSR count). The molecule has 2 aromatic carbocycles. The Morgan fingerprint density at radius 3 is 2.23 bits per heavy atom. The van der Waals surface area contributed by atoms with Crippen molar-refractivity contribution in [3.05, 3.63) is 76.7 Å². The van der Waals surface area contributed by atoms with Crippen LogP contribution in [-0.2, 0) is 11.2 Å². The fourth-order valence-electron chi connectivity index (χ4n) is 3.26. The van der Waals surface area contributed by atoms with E-state index in [-0.39, 0.29) is 6.01 Å². The molecule has 1 aliphatic heterocycles. The first-order valence-electron chi connectivity index (χ1n) is 9.58. The van der Waals surface area contributed by atoms with Gasteiger partial charge in [-0.15, -0.1) is 5.10 Å². The number of aromatic nitrogens is 2. The van der Waals surface area contributed by atoms with Gasteiger partial charge in [-0.05, 0) is 29.2 Å². The Kier molecular flexibility index (Phi) is 5.14. The number of rotatable bonds is 6. The van der Waals surface area contributed by atoms with Gasteiger partial charge in [-0.2, -0.15) is 0 Å². The Balaban J connectivity index is 1.36. The van der Waals surface area contributed by atoms with Crippen molar-refractivity contribution < 1.29 is 18.8 Å². The zero-order valence-electron chi connectivity index (χ0n) is 16.6. The first-order valence-corrected chi connectivity index (χ1v) is 9.58. The van der Waals surface area contributed by atoms with E-state index in [4.69, 9.17) is 4.42 Å². The minimum atomic E-state index is -0.596. The molecular formula is C22H20N4O4. The van der Waals surface area contributed by atoms with Crippen LogP contribution in [0.25, 0.3) is 0 Å². The van der Waals surface area contributed by atoms with Crippen molar-refractivity contribution in [2.24, 2.45) is 0 Å². The third-order valence-electron chi connectivity index (χ3n) is 4.89. The second-order valence-corrected chi connectivity index (χ2v) is 7.36. The van der Waals surface area contributed by atoms with Crippen molar-refractivity contribution in [2.75, 3.05) is 11.9 Å². The first-order chi connectivity index (χ1) is 14.4. The number of nitrogens with one attached hydrogen (secondary N) is 1. The highest BCUT2D eigenvalue weighted by Crippen LogP contribution is 2.22. The van der Waals surface area contributed by atoms with Gasteiger partial charge in [-0.3, -0.25) is 24.6 Å². The minimum absolute atomic E-state index is 0.0783. The third-order valence-corrected chi connectivity index (χ3v) is 4.89. The van der Waals surface area contributed by atoms with E-state index >= 15 is 0 Å². The van der Waals surface area contributed by atoms with Crippen LogP contribution in [0.4, 0.5) is 6.01 Å². The van der Waals surface area contributed by atoms with E-state index < -0.39 is 24.3 Å². The summed E-state index contributed by atoms with van der Waals surface area (Å²) in [7, 11) is 0. The second kappa shape index (κ2) is 7.90. The number of hydrogen-bond donors (Lipinski definition) is 1. The molecule has 30 heavy (non-hydrogen) atoms. The van der Waals surface area contributed by atoms with E-state index in [0.717, 1.165) is 10.5 Å². The van der Waals surface area contributed by atoms with Gasteiger partial charge in [0.25, 0.3) is 11.8 Å². The molecule has 8 heteroatoms. The molecule has 0 radical (unpaired) electrons. The number of anilines is 1. The average Bonchev–Trinajstić information content (AvgIpc) is 3.26. The molecule has 0 saturated heterocycles. The third kappa shape index (κ3) is 3.84. The predicted octanol–water partition coefficient (Wildman–Crippen LogP) is 3.02. The molecule has 1 N–H and O–H groups in total. The first kappa shape index (κ1) is 19.5. The van der Waals surface area contributed by atoms with Crippen LogP contribution in [0.1, 0.15) is 57.5 Å². The smallest absolute Gasteiger partial charge is 0.322 e. The number of fused-ring (bicyclic) bond motifs is 1. The number of nitrogens with zero attached hydrogens (tertiary/aromatic N) is 3. The van der Waals surface area contributed by atoms with Gasteiger partial charge < -0.3 is 4.42 Å². The minimum Gasteiger partial charge on any atom is -0.407 e. The van der Waals surface area contributed by atoms with Crippen molar-refractivity contribution >= 4 is 23.7 Å². The van der Waals surface area contributed by atoms with E-state index in [1.54, 1.807) is 24.3 Å². The largest absolute Gasteiger partial charge is 0.407 e. The maximum absolute atomic E-state index is 12.3. The van der Waals surface area contributed by atoms with Gasteiger partial charge in [-0.25, -0.2) is 0 Å². The fraction of sp³-hybridized carbons (Fsp3) is 0.227. The molecule has 0 aliphatic carbocycles. The van der Waals surface area contributed by atoms with Crippen molar-refractivity contribution in [1.29, 1.82) is 0 Å².